The number of nitrogens with one attached hydrogen (secondary N) is 1. The molecule has 0 radical (unpaired) electrons. The number of thiocarbonyl (C=S) groups is 1. The van der Waals surface area contributed by atoms with Crippen molar-refractivity contribution in [2.45, 2.75) is 20.5 Å². The number of nitrogens with zero attached hydrogens (tertiary/aromatic N) is 1. The molecule has 7 heteroatoms. The largest absolute Gasteiger partial charge is 0.867 e. The molecular formula is C25H24N2O4S. The predicted octanol–water partition coefficient (Wildman–Crippen LogP) is 2.98. The van der Waals surface area contributed by atoms with Crippen LogP contribution in [0.25, 0.3) is 11.5 Å². The first kappa shape index (κ1) is 21.8. The molecule has 2 heterocycles. The zero-order valence-corrected chi connectivity index (χ0v) is 18.7. The standard InChI is InChI=1S/C25H24N2O4S/c1-16-5-7-20(17(2)12-16)26-25(32)23(27-9-3-4-18(14-27)15-28)24(29)19-6-8-21-22(13-19)31-11-10-30-21/h3-9,12-14,28H,10-11,15H2,1-2H3,(H-,26,29,32). The Balaban J connectivity index is 1.80. The Kier molecular flexibility index (Phi) is 6.39. The molecule has 0 atom stereocenters. The van der Waals surface area contributed by atoms with E-state index in [9.17, 15) is 10.2 Å². The summed E-state index contributed by atoms with van der Waals surface area (Å²) in [6, 6.07) is 14.6. The summed E-state index contributed by atoms with van der Waals surface area (Å²) >= 11 is 5.70. The maximum atomic E-state index is 13.7. The summed E-state index contributed by atoms with van der Waals surface area (Å²) in [6.45, 7) is 4.77. The van der Waals surface area contributed by atoms with E-state index in [-0.39, 0.29) is 23.1 Å². The van der Waals surface area contributed by atoms with E-state index in [2.05, 4.69) is 5.32 Å². The van der Waals surface area contributed by atoms with Crippen molar-refractivity contribution in [2.24, 2.45) is 0 Å². The molecule has 4 rings (SSSR count). The van der Waals surface area contributed by atoms with Gasteiger partial charge in [-0.15, -0.1) is 0 Å². The molecule has 0 fully saturated rings. The third-order valence-electron chi connectivity index (χ3n) is 5.17. The molecule has 164 valence electrons. The number of fused-ring (bicyclic) bond motifs is 1. The van der Waals surface area contributed by atoms with Gasteiger partial charge in [-0.1, -0.05) is 36.0 Å². The lowest BCUT2D eigenvalue weighted by atomic mass is 10.1. The van der Waals surface area contributed by atoms with Crippen LogP contribution in [0.3, 0.4) is 0 Å². The number of rotatable bonds is 5. The normalized spacial score (nSPS) is 13.3. The van der Waals surface area contributed by atoms with Crippen molar-refractivity contribution >= 4 is 34.3 Å². The van der Waals surface area contributed by atoms with Crippen molar-refractivity contribution in [1.29, 1.82) is 0 Å². The number of ether oxygens (including phenoxy) is 2. The van der Waals surface area contributed by atoms with Crippen LogP contribution < -0.4 is 24.5 Å². The lowest BCUT2D eigenvalue weighted by molar-refractivity contribution is -0.578. The van der Waals surface area contributed by atoms with Crippen molar-refractivity contribution in [3.8, 4) is 11.5 Å². The van der Waals surface area contributed by atoms with Gasteiger partial charge in [-0.2, -0.15) is 4.57 Å². The third kappa shape index (κ3) is 4.59. The van der Waals surface area contributed by atoms with Gasteiger partial charge in [-0.05, 0) is 55.0 Å². The van der Waals surface area contributed by atoms with Crippen molar-refractivity contribution < 1.29 is 24.3 Å². The van der Waals surface area contributed by atoms with Crippen LogP contribution in [-0.2, 0) is 6.61 Å². The van der Waals surface area contributed by atoms with Crippen LogP contribution in [0.15, 0.2) is 60.9 Å². The van der Waals surface area contributed by atoms with Gasteiger partial charge >= 0.3 is 0 Å². The number of aliphatic hydroxyl groups is 1. The molecule has 1 aliphatic heterocycles. The van der Waals surface area contributed by atoms with Crippen molar-refractivity contribution in [3.63, 3.8) is 0 Å². The highest BCUT2D eigenvalue weighted by molar-refractivity contribution is 7.81. The Morgan fingerprint density at radius 3 is 2.62 bits per heavy atom. The average Bonchev–Trinajstić information content (AvgIpc) is 2.81. The zero-order valence-electron chi connectivity index (χ0n) is 17.9. The lowest BCUT2D eigenvalue weighted by Gasteiger charge is -2.22. The van der Waals surface area contributed by atoms with Gasteiger partial charge in [-0.3, -0.25) is 0 Å². The van der Waals surface area contributed by atoms with Crippen LogP contribution in [0, 0.1) is 13.8 Å². The van der Waals surface area contributed by atoms with E-state index in [4.69, 9.17) is 21.7 Å². The van der Waals surface area contributed by atoms with E-state index >= 15 is 0 Å². The fourth-order valence-electron chi connectivity index (χ4n) is 3.55. The SMILES string of the molecule is Cc1ccc(NC(=S)/C(=C(\[O-])c2ccc3c(c2)OCCO3)[n+]2cccc(CO)c2)c(C)c1. The molecule has 0 spiro atoms. The van der Waals surface area contributed by atoms with Crippen LogP contribution in [0.1, 0.15) is 22.3 Å². The predicted molar refractivity (Wildman–Crippen MR) is 125 cm³/mol. The molecular weight excluding hydrogens is 424 g/mol. The maximum Gasteiger partial charge on any atom is 0.238 e. The van der Waals surface area contributed by atoms with E-state index < -0.39 is 0 Å². The van der Waals surface area contributed by atoms with Crippen LogP contribution in [0.4, 0.5) is 5.69 Å². The molecule has 0 unspecified atom stereocenters. The third-order valence-corrected chi connectivity index (χ3v) is 5.46. The molecule has 2 N–H and O–H groups in total. The molecule has 32 heavy (non-hydrogen) atoms. The van der Waals surface area contributed by atoms with Gasteiger partial charge in [0.1, 0.15) is 13.2 Å². The van der Waals surface area contributed by atoms with Crippen LogP contribution >= 0.6 is 12.2 Å². The van der Waals surface area contributed by atoms with Gasteiger partial charge in [0.15, 0.2) is 28.9 Å². The van der Waals surface area contributed by atoms with Gasteiger partial charge in [0.05, 0.1) is 6.61 Å². The van der Waals surface area contributed by atoms with E-state index in [1.165, 1.54) is 0 Å². The second kappa shape index (κ2) is 9.38. The van der Waals surface area contributed by atoms with Gasteiger partial charge in [0.25, 0.3) is 0 Å². The first-order valence-electron chi connectivity index (χ1n) is 10.3. The minimum absolute atomic E-state index is 0.149. The molecule has 1 aliphatic rings. The Morgan fingerprint density at radius 1 is 1.09 bits per heavy atom. The summed E-state index contributed by atoms with van der Waals surface area (Å²) in [5, 5.41) is 26.5. The molecule has 0 aliphatic carbocycles. The second-order valence-corrected chi connectivity index (χ2v) is 7.99. The zero-order chi connectivity index (χ0) is 22.7. The molecule has 0 saturated carbocycles. The van der Waals surface area contributed by atoms with Crippen LogP contribution in [0.5, 0.6) is 11.5 Å². The Morgan fingerprint density at radius 2 is 1.88 bits per heavy atom. The van der Waals surface area contributed by atoms with Gasteiger partial charge in [0.2, 0.25) is 5.70 Å². The molecule has 3 aromatic rings. The van der Waals surface area contributed by atoms with Gasteiger partial charge in [-0.25, -0.2) is 0 Å². The maximum absolute atomic E-state index is 13.7. The highest BCUT2D eigenvalue weighted by atomic mass is 32.1. The number of anilines is 1. The number of hydrogen-bond donors (Lipinski definition) is 2. The molecule has 0 bridgehead atoms. The molecule has 0 amide bonds. The van der Waals surface area contributed by atoms with E-state index in [0.717, 1.165) is 16.8 Å². The average molecular weight is 449 g/mol. The molecule has 0 saturated heterocycles. The summed E-state index contributed by atoms with van der Waals surface area (Å²) < 4.78 is 12.9. The summed E-state index contributed by atoms with van der Waals surface area (Å²) in [4.78, 5) is 0.275. The van der Waals surface area contributed by atoms with E-state index in [1.807, 2.05) is 32.0 Å². The van der Waals surface area contributed by atoms with Gasteiger partial charge < -0.3 is 25.0 Å². The minimum atomic E-state index is -0.274. The van der Waals surface area contributed by atoms with Crippen molar-refractivity contribution in [1.82, 2.24) is 0 Å². The highest BCUT2D eigenvalue weighted by Gasteiger charge is 2.21. The Hall–Kier alpha value is -3.42. The van der Waals surface area contributed by atoms with Crippen molar-refractivity contribution in [3.05, 3.63) is 83.2 Å². The summed E-state index contributed by atoms with van der Waals surface area (Å²) in [6.07, 6.45) is 3.43. The second-order valence-electron chi connectivity index (χ2n) is 7.59. The first-order chi connectivity index (χ1) is 15.5. The first-order valence-corrected chi connectivity index (χ1v) is 10.7. The summed E-state index contributed by atoms with van der Waals surface area (Å²) in [5.74, 6) is 0.869. The Bertz CT molecular complexity index is 1210. The number of aromatic nitrogens is 1. The smallest absolute Gasteiger partial charge is 0.238 e. The van der Waals surface area contributed by atoms with Crippen molar-refractivity contribution in [2.75, 3.05) is 18.5 Å². The van der Waals surface area contributed by atoms with Crippen LogP contribution in [-0.4, -0.2) is 23.3 Å². The number of aryl methyl sites for hydroxylation is 2. The number of aliphatic hydroxyl groups excluding tert-OH is 1. The lowest BCUT2D eigenvalue weighted by Crippen LogP contribution is -2.40. The molecule has 2 aromatic carbocycles. The van der Waals surface area contributed by atoms with E-state index in [0.29, 0.717) is 35.8 Å². The number of hydrogen-bond acceptors (Lipinski definition) is 5. The number of benzene rings is 2. The monoisotopic (exact) mass is 448 g/mol. The quantitative estimate of drug-likeness (QED) is 0.271. The molecule has 6 nitrogen and oxygen atoms in total. The van der Waals surface area contributed by atoms with Gasteiger partial charge in [0, 0.05) is 17.3 Å². The fourth-order valence-corrected chi connectivity index (χ4v) is 3.86. The van der Waals surface area contributed by atoms with E-state index in [1.54, 1.807) is 47.3 Å². The van der Waals surface area contributed by atoms with Crippen LogP contribution in [0.2, 0.25) is 0 Å². The number of pyridine rings is 1. The minimum Gasteiger partial charge on any atom is -0.867 e. The Labute approximate surface area is 192 Å². The summed E-state index contributed by atoms with van der Waals surface area (Å²) in [5.41, 5.74) is 4.34. The topological polar surface area (TPSA) is 77.7 Å². The summed E-state index contributed by atoms with van der Waals surface area (Å²) in [7, 11) is 0. The fraction of sp³-hybridized carbons (Fsp3) is 0.200. The highest BCUT2D eigenvalue weighted by Crippen LogP contribution is 2.32. The molecule has 1 aromatic heterocycles.